The van der Waals surface area contributed by atoms with E-state index in [0.717, 1.165) is 32.0 Å². The summed E-state index contributed by atoms with van der Waals surface area (Å²) in [4.78, 5) is 47.9. The average Bonchev–Trinajstić information content (AvgIpc) is 3.50. The summed E-state index contributed by atoms with van der Waals surface area (Å²) >= 11 is 12.4. The maximum atomic E-state index is 13.0. The van der Waals surface area contributed by atoms with E-state index in [2.05, 4.69) is 25.8 Å². The number of carboxylic acid groups (broad SMARTS) is 1. The fourth-order valence-corrected chi connectivity index (χ4v) is 8.84. The van der Waals surface area contributed by atoms with Crippen molar-refractivity contribution in [1.29, 1.82) is 0 Å². The summed E-state index contributed by atoms with van der Waals surface area (Å²) in [6, 6.07) is -1.17. The summed E-state index contributed by atoms with van der Waals surface area (Å²) in [5, 5.41) is 27.4. The molecular weight excluding hydrogens is 642 g/mol. The Hall–Kier alpha value is -2.26. The molecule has 20 heteroatoms. The summed E-state index contributed by atoms with van der Waals surface area (Å²) < 4.78 is 0.770. The molecule has 4 rings (SSSR count). The number of carbonyl (C=O) groups excluding carboxylic acids is 2. The van der Waals surface area contributed by atoms with Crippen LogP contribution in [0.15, 0.2) is 25.5 Å². The molecule has 3 atom stereocenters. The number of thioether (sulfide) groups is 3. The number of oxime groups is 1. The number of halogens is 1. The first-order valence-electron chi connectivity index (χ1n) is 11.4. The second kappa shape index (κ2) is 13.6. The van der Waals surface area contributed by atoms with E-state index in [4.69, 9.17) is 28.8 Å². The van der Waals surface area contributed by atoms with Gasteiger partial charge in [0, 0.05) is 41.3 Å². The molecule has 2 aliphatic rings. The van der Waals surface area contributed by atoms with Crippen LogP contribution >= 0.6 is 69.6 Å². The fourth-order valence-electron chi connectivity index (χ4n) is 3.68. The minimum absolute atomic E-state index is 0.0382. The van der Waals surface area contributed by atoms with E-state index in [0.29, 0.717) is 23.8 Å². The summed E-state index contributed by atoms with van der Waals surface area (Å²) in [5.74, 6) is -0.396. The number of hydrogen-bond acceptors (Lipinski definition) is 16. The maximum Gasteiger partial charge on any atom is 0.353 e. The number of nitrogen functional groups attached to an aromatic ring is 1. The van der Waals surface area contributed by atoms with Crippen molar-refractivity contribution in [3.63, 3.8) is 0 Å². The van der Waals surface area contributed by atoms with Crippen molar-refractivity contribution in [2.45, 2.75) is 21.7 Å². The zero-order valence-electron chi connectivity index (χ0n) is 20.4. The number of carbonyl (C=O) groups is 3. The molecular formula is C20H24ClN9O5S5. The molecule has 10 N–H and O–H groups in total. The Morgan fingerprint density at radius 3 is 2.83 bits per heavy atom. The topological polar surface area (TPSA) is 235 Å². The van der Waals surface area contributed by atoms with Gasteiger partial charge in [-0.15, -0.1) is 23.1 Å². The van der Waals surface area contributed by atoms with Crippen molar-refractivity contribution < 1.29 is 24.7 Å². The predicted molar refractivity (Wildman–Crippen MR) is 160 cm³/mol. The number of nitrogens with zero attached hydrogens (tertiary/aromatic N) is 4. The van der Waals surface area contributed by atoms with Gasteiger partial charge >= 0.3 is 5.97 Å². The molecule has 0 bridgehead atoms. The highest BCUT2D eigenvalue weighted by Gasteiger charge is 2.54. The van der Waals surface area contributed by atoms with Gasteiger partial charge in [0.05, 0.1) is 5.51 Å². The summed E-state index contributed by atoms with van der Waals surface area (Å²) in [7, 11) is 0. The number of aliphatic carboxylic acids is 1. The average molecular weight is 666 g/mol. The van der Waals surface area contributed by atoms with E-state index in [1.807, 2.05) is 0 Å². The van der Waals surface area contributed by atoms with Gasteiger partial charge in [0.25, 0.3) is 11.8 Å². The molecule has 2 amide bonds. The molecule has 1 fully saturated rings. The minimum Gasteiger partial charge on any atom is -0.477 e. The number of fused-ring (bicyclic) bond motifs is 1. The number of carboxylic acids is 1. The van der Waals surface area contributed by atoms with E-state index in [9.17, 15) is 24.7 Å². The third-order valence-electron chi connectivity index (χ3n) is 5.44. The number of β-lactam (4-membered cyclic amide) rings is 1. The molecule has 14 nitrogen and oxygen atoms in total. The van der Waals surface area contributed by atoms with Gasteiger partial charge in [0.15, 0.2) is 16.7 Å². The van der Waals surface area contributed by atoms with Gasteiger partial charge in [-0.2, -0.15) is 11.8 Å². The van der Waals surface area contributed by atoms with E-state index in [1.54, 1.807) is 17.3 Å². The first-order chi connectivity index (χ1) is 19.2. The SMILES string of the molecule is NCCSCC(N)CNc1ncsc1SC1=C(C(=O)O)N2C(=O)[C@@H](NC(=O)/C(=N\O)c3nc(N)sc3Cl)[C@@H]2SC1. The Morgan fingerprint density at radius 1 is 1.40 bits per heavy atom. The monoisotopic (exact) mass is 665 g/mol. The lowest BCUT2D eigenvalue weighted by molar-refractivity contribution is -0.150. The van der Waals surface area contributed by atoms with Crippen LogP contribution in [0.5, 0.6) is 0 Å². The second-order valence-electron chi connectivity index (χ2n) is 8.16. The highest BCUT2D eigenvalue weighted by molar-refractivity contribution is 8.07. The Morgan fingerprint density at radius 2 is 2.17 bits per heavy atom. The number of nitrogens with two attached hydrogens (primary N) is 3. The fraction of sp³-hybridized carbons (Fsp3) is 0.400. The summed E-state index contributed by atoms with van der Waals surface area (Å²) in [5.41, 5.74) is 18.1. The van der Waals surface area contributed by atoms with Crippen LogP contribution in [-0.2, 0) is 14.4 Å². The smallest absolute Gasteiger partial charge is 0.353 e. The Balaban J connectivity index is 1.44. The second-order valence-corrected chi connectivity index (χ2v) is 14.3. The Bertz CT molecular complexity index is 1350. The quantitative estimate of drug-likeness (QED) is 0.0518. The lowest BCUT2D eigenvalue weighted by Crippen LogP contribution is -2.71. The molecule has 1 unspecified atom stereocenters. The van der Waals surface area contributed by atoms with E-state index >= 15 is 0 Å². The first-order valence-corrected chi connectivity index (χ1v) is 16.5. The lowest BCUT2D eigenvalue weighted by atomic mass is 10.0. The molecule has 0 aliphatic carbocycles. The minimum atomic E-state index is -1.27. The molecule has 1 saturated heterocycles. The van der Waals surface area contributed by atoms with Crippen LogP contribution in [0, 0.1) is 0 Å². The number of aromatic nitrogens is 2. The predicted octanol–water partition coefficient (Wildman–Crippen LogP) is 0.933. The molecule has 0 radical (unpaired) electrons. The van der Waals surface area contributed by atoms with Crippen molar-refractivity contribution in [3.05, 3.63) is 26.1 Å². The standard InChI is InChI=1S/C20H24ClN9O5S5/c21-13-9(28-20(24)40-13)10(29-35)15(31)27-11-16(32)30-12(18(33)34)8(5-37-17(11)30)39-19-14(26-6-38-19)25-3-7(23)4-36-2-1-22/h6-7,11,17,25,35H,1-5,22-23H2,(H2,24,28)(H,27,31)(H,33,34)/b29-10-/t7?,11-,17+/m1/s1. The molecule has 0 spiro atoms. The van der Waals surface area contributed by atoms with E-state index in [-0.39, 0.29) is 32.7 Å². The summed E-state index contributed by atoms with van der Waals surface area (Å²) in [6.07, 6.45) is 0. The largest absolute Gasteiger partial charge is 0.477 e. The molecule has 216 valence electrons. The molecule has 40 heavy (non-hydrogen) atoms. The lowest BCUT2D eigenvalue weighted by Gasteiger charge is -2.49. The van der Waals surface area contributed by atoms with Crippen molar-refractivity contribution in [3.8, 4) is 0 Å². The zero-order valence-corrected chi connectivity index (χ0v) is 25.2. The van der Waals surface area contributed by atoms with Crippen LogP contribution in [0.2, 0.25) is 4.34 Å². The van der Waals surface area contributed by atoms with Crippen molar-refractivity contribution >= 4 is 104 Å². The van der Waals surface area contributed by atoms with Crippen LogP contribution in [0.4, 0.5) is 10.9 Å². The van der Waals surface area contributed by atoms with Crippen molar-refractivity contribution in [2.24, 2.45) is 16.6 Å². The van der Waals surface area contributed by atoms with Gasteiger partial charge < -0.3 is 38.1 Å². The molecule has 2 aromatic rings. The van der Waals surface area contributed by atoms with Gasteiger partial charge in [-0.05, 0) is 0 Å². The number of amides is 2. The highest BCUT2D eigenvalue weighted by atomic mass is 35.5. The zero-order chi connectivity index (χ0) is 29.0. The molecule has 0 aromatic carbocycles. The number of anilines is 2. The third-order valence-corrected chi connectivity index (χ3v) is 11.3. The number of rotatable bonds is 13. The number of nitrogens with one attached hydrogen (secondary N) is 2. The highest BCUT2D eigenvalue weighted by Crippen LogP contribution is 2.47. The molecule has 2 aliphatic heterocycles. The van der Waals surface area contributed by atoms with Crippen LogP contribution in [0.25, 0.3) is 0 Å². The van der Waals surface area contributed by atoms with Gasteiger partial charge in [-0.3, -0.25) is 14.5 Å². The van der Waals surface area contributed by atoms with Crippen LogP contribution in [-0.4, -0.2) is 96.5 Å². The van der Waals surface area contributed by atoms with Gasteiger partial charge in [0.2, 0.25) is 0 Å². The van der Waals surface area contributed by atoms with Crippen LogP contribution in [0.3, 0.4) is 0 Å². The van der Waals surface area contributed by atoms with Gasteiger partial charge in [0.1, 0.15) is 31.4 Å². The molecule has 4 heterocycles. The summed E-state index contributed by atoms with van der Waals surface area (Å²) in [6.45, 7) is 1.06. The van der Waals surface area contributed by atoms with Gasteiger partial charge in [-0.1, -0.05) is 39.9 Å². The maximum absolute atomic E-state index is 13.0. The van der Waals surface area contributed by atoms with Crippen LogP contribution < -0.4 is 27.8 Å². The Labute approximate surface area is 253 Å². The molecule has 0 saturated carbocycles. The molecule has 2 aromatic heterocycles. The van der Waals surface area contributed by atoms with E-state index < -0.39 is 34.9 Å². The van der Waals surface area contributed by atoms with Crippen molar-refractivity contribution in [2.75, 3.05) is 41.4 Å². The number of thiazole rings is 2. The first kappa shape index (κ1) is 30.7. The number of hydrogen-bond donors (Lipinski definition) is 7. The normalized spacial score (nSPS) is 19.7. The Kier molecular flexibility index (Phi) is 10.4. The van der Waals surface area contributed by atoms with E-state index in [1.165, 1.54) is 34.9 Å². The van der Waals surface area contributed by atoms with Crippen molar-refractivity contribution in [1.82, 2.24) is 20.2 Å². The van der Waals surface area contributed by atoms with Crippen LogP contribution in [0.1, 0.15) is 5.69 Å². The third kappa shape index (κ3) is 6.62. The van der Waals surface area contributed by atoms with Gasteiger partial charge in [-0.25, -0.2) is 14.8 Å².